The average molecular weight is 317 g/mol. The van der Waals surface area contributed by atoms with Crippen LogP contribution in [0.5, 0.6) is 0 Å². The van der Waals surface area contributed by atoms with Crippen molar-refractivity contribution in [1.82, 2.24) is 15.1 Å². The van der Waals surface area contributed by atoms with E-state index in [0.717, 1.165) is 4.90 Å². The van der Waals surface area contributed by atoms with Crippen LogP contribution in [0.15, 0.2) is 36.4 Å². The molecular formula is C14H9ClN4O3. The third-order valence-corrected chi connectivity index (χ3v) is 3.28. The van der Waals surface area contributed by atoms with Gasteiger partial charge >= 0.3 is 0 Å². The quantitative estimate of drug-likeness (QED) is 0.863. The predicted molar refractivity (Wildman–Crippen MR) is 77.5 cm³/mol. The van der Waals surface area contributed by atoms with Gasteiger partial charge in [-0.3, -0.25) is 19.3 Å². The molecule has 110 valence electrons. The minimum absolute atomic E-state index is 0.186. The fraction of sp³-hybridized carbons (Fsp3) is 0.0714. The van der Waals surface area contributed by atoms with E-state index in [1.807, 2.05) is 0 Å². The molecule has 8 heteroatoms. The van der Waals surface area contributed by atoms with E-state index in [2.05, 4.69) is 15.5 Å². The summed E-state index contributed by atoms with van der Waals surface area (Å²) in [6, 6.07) is 9.37. The monoisotopic (exact) mass is 316 g/mol. The Balaban J connectivity index is 1.71. The molecule has 0 fully saturated rings. The van der Waals surface area contributed by atoms with Crippen molar-refractivity contribution in [1.29, 1.82) is 0 Å². The lowest BCUT2D eigenvalue weighted by Gasteiger charge is -2.13. The highest BCUT2D eigenvalue weighted by molar-refractivity contribution is 6.29. The summed E-state index contributed by atoms with van der Waals surface area (Å²) in [5.74, 6) is -1.34. The maximum absolute atomic E-state index is 12.1. The van der Waals surface area contributed by atoms with Gasteiger partial charge in [-0.25, -0.2) is 0 Å². The van der Waals surface area contributed by atoms with Crippen LogP contribution in [0.3, 0.4) is 0 Å². The molecule has 0 atom stereocenters. The number of hydrogen-bond acceptors (Lipinski definition) is 5. The normalized spacial score (nSPS) is 13.2. The Morgan fingerprint density at radius 2 is 1.68 bits per heavy atom. The van der Waals surface area contributed by atoms with Crippen LogP contribution in [0.25, 0.3) is 0 Å². The second-order valence-corrected chi connectivity index (χ2v) is 4.92. The van der Waals surface area contributed by atoms with E-state index in [1.54, 1.807) is 24.3 Å². The first-order chi connectivity index (χ1) is 10.6. The van der Waals surface area contributed by atoms with E-state index in [0.29, 0.717) is 11.1 Å². The van der Waals surface area contributed by atoms with Gasteiger partial charge in [-0.15, -0.1) is 10.2 Å². The lowest BCUT2D eigenvalue weighted by molar-refractivity contribution is -0.116. The molecule has 1 N–H and O–H groups in total. The first-order valence-corrected chi connectivity index (χ1v) is 6.68. The average Bonchev–Trinajstić information content (AvgIpc) is 2.75. The first kappa shape index (κ1) is 14.2. The third-order valence-electron chi connectivity index (χ3n) is 3.08. The van der Waals surface area contributed by atoms with Crippen molar-refractivity contribution in [2.45, 2.75) is 0 Å². The van der Waals surface area contributed by atoms with Gasteiger partial charge in [0.1, 0.15) is 6.54 Å². The van der Waals surface area contributed by atoms with Crippen molar-refractivity contribution < 1.29 is 14.4 Å². The highest BCUT2D eigenvalue weighted by atomic mass is 35.5. The maximum Gasteiger partial charge on any atom is 0.262 e. The van der Waals surface area contributed by atoms with Gasteiger partial charge in [0.25, 0.3) is 11.8 Å². The zero-order valence-corrected chi connectivity index (χ0v) is 11.9. The fourth-order valence-electron chi connectivity index (χ4n) is 2.09. The molecule has 7 nitrogen and oxygen atoms in total. The van der Waals surface area contributed by atoms with Crippen LogP contribution in [0.2, 0.25) is 5.15 Å². The number of fused-ring (bicyclic) bond motifs is 1. The number of nitrogens with zero attached hydrogens (tertiary/aromatic N) is 3. The van der Waals surface area contributed by atoms with Crippen molar-refractivity contribution >= 4 is 35.1 Å². The molecule has 0 spiro atoms. The van der Waals surface area contributed by atoms with E-state index in [-0.39, 0.29) is 11.0 Å². The molecule has 1 aromatic carbocycles. The molecule has 3 rings (SSSR count). The zero-order valence-electron chi connectivity index (χ0n) is 11.1. The summed E-state index contributed by atoms with van der Waals surface area (Å²) in [6.07, 6.45) is 0. The van der Waals surface area contributed by atoms with E-state index < -0.39 is 24.3 Å². The molecule has 0 radical (unpaired) electrons. The van der Waals surface area contributed by atoms with Crippen LogP contribution >= 0.6 is 11.6 Å². The van der Waals surface area contributed by atoms with Gasteiger partial charge in [-0.1, -0.05) is 23.7 Å². The molecule has 1 aromatic heterocycles. The van der Waals surface area contributed by atoms with Gasteiger partial charge in [-0.2, -0.15) is 0 Å². The third kappa shape index (κ3) is 2.53. The second kappa shape index (κ2) is 5.53. The minimum atomic E-state index is -0.550. The topological polar surface area (TPSA) is 92.3 Å². The molecule has 0 saturated heterocycles. The smallest absolute Gasteiger partial charge is 0.262 e. The molecule has 22 heavy (non-hydrogen) atoms. The summed E-state index contributed by atoms with van der Waals surface area (Å²) in [7, 11) is 0. The Kier molecular flexibility index (Phi) is 3.56. The molecular weight excluding hydrogens is 308 g/mol. The summed E-state index contributed by atoms with van der Waals surface area (Å²) in [4.78, 5) is 37.1. The predicted octanol–water partition coefficient (Wildman–Crippen LogP) is 1.36. The van der Waals surface area contributed by atoms with Gasteiger partial charge in [0, 0.05) is 0 Å². The summed E-state index contributed by atoms with van der Waals surface area (Å²) < 4.78 is 0. The van der Waals surface area contributed by atoms with Crippen LogP contribution in [0.1, 0.15) is 20.7 Å². The van der Waals surface area contributed by atoms with Crippen LogP contribution in [-0.2, 0) is 4.79 Å². The van der Waals surface area contributed by atoms with Crippen LogP contribution < -0.4 is 5.32 Å². The molecule has 0 unspecified atom stereocenters. The van der Waals surface area contributed by atoms with Gasteiger partial charge < -0.3 is 5.32 Å². The number of carbonyl (C=O) groups is 3. The highest BCUT2D eigenvalue weighted by Crippen LogP contribution is 2.22. The van der Waals surface area contributed by atoms with E-state index in [1.165, 1.54) is 12.1 Å². The van der Waals surface area contributed by atoms with Crippen LogP contribution in [-0.4, -0.2) is 39.4 Å². The maximum atomic E-state index is 12.1. The number of nitrogens with one attached hydrogen (secondary N) is 1. The lowest BCUT2D eigenvalue weighted by Crippen LogP contribution is -2.37. The van der Waals surface area contributed by atoms with Gasteiger partial charge in [-0.05, 0) is 24.3 Å². The molecule has 2 heterocycles. The number of imide groups is 1. The van der Waals surface area contributed by atoms with Crippen molar-refractivity contribution in [3.05, 3.63) is 52.7 Å². The Hall–Kier alpha value is -2.80. The summed E-state index contributed by atoms with van der Waals surface area (Å²) >= 11 is 5.59. The van der Waals surface area contributed by atoms with Crippen molar-refractivity contribution in [2.24, 2.45) is 0 Å². The van der Waals surface area contributed by atoms with E-state index >= 15 is 0 Å². The largest absolute Gasteiger partial charge is 0.308 e. The number of halogens is 1. The molecule has 3 amide bonds. The minimum Gasteiger partial charge on any atom is -0.308 e. The number of rotatable bonds is 3. The standard InChI is InChI=1S/C14H9ClN4O3/c15-10-5-6-11(18-17-10)16-12(20)7-19-13(21)8-3-1-2-4-9(8)14(19)22/h1-6H,7H2,(H,16,18,20). The number of benzene rings is 1. The molecule has 0 aliphatic carbocycles. The second-order valence-electron chi connectivity index (χ2n) is 4.53. The Bertz CT molecular complexity index is 741. The summed E-state index contributed by atoms with van der Waals surface area (Å²) in [5.41, 5.74) is 0.596. The Morgan fingerprint density at radius 3 is 2.23 bits per heavy atom. The summed E-state index contributed by atoms with van der Waals surface area (Å²) in [5, 5.41) is 9.89. The SMILES string of the molecule is O=C(CN1C(=O)c2ccccc2C1=O)Nc1ccc(Cl)nn1. The number of aromatic nitrogens is 2. The number of amides is 3. The molecule has 1 aliphatic rings. The molecule has 2 aromatic rings. The van der Waals surface area contributed by atoms with Crippen LogP contribution in [0.4, 0.5) is 5.82 Å². The van der Waals surface area contributed by atoms with Gasteiger partial charge in [0.2, 0.25) is 5.91 Å². The summed E-state index contributed by atoms with van der Waals surface area (Å²) in [6.45, 7) is -0.392. The van der Waals surface area contributed by atoms with Crippen molar-refractivity contribution in [3.63, 3.8) is 0 Å². The van der Waals surface area contributed by atoms with Crippen molar-refractivity contribution in [3.8, 4) is 0 Å². The van der Waals surface area contributed by atoms with Crippen LogP contribution in [0, 0.1) is 0 Å². The Labute approximate surface area is 129 Å². The first-order valence-electron chi connectivity index (χ1n) is 6.30. The highest BCUT2D eigenvalue weighted by Gasteiger charge is 2.36. The van der Waals surface area contributed by atoms with Crippen molar-refractivity contribution in [2.75, 3.05) is 11.9 Å². The number of carbonyl (C=O) groups excluding carboxylic acids is 3. The fourth-order valence-corrected chi connectivity index (χ4v) is 2.19. The van der Waals surface area contributed by atoms with Gasteiger partial charge in [0.05, 0.1) is 11.1 Å². The molecule has 1 aliphatic heterocycles. The number of anilines is 1. The Morgan fingerprint density at radius 1 is 1.05 bits per heavy atom. The zero-order chi connectivity index (χ0) is 15.7. The van der Waals surface area contributed by atoms with E-state index in [9.17, 15) is 14.4 Å². The molecule has 0 bridgehead atoms. The molecule has 0 saturated carbocycles. The van der Waals surface area contributed by atoms with E-state index in [4.69, 9.17) is 11.6 Å². The number of hydrogen-bond donors (Lipinski definition) is 1. The van der Waals surface area contributed by atoms with Gasteiger partial charge in [0.15, 0.2) is 11.0 Å². The lowest BCUT2D eigenvalue weighted by atomic mass is 10.1.